The summed E-state index contributed by atoms with van der Waals surface area (Å²) in [7, 11) is 2.07. The maximum atomic E-state index is 12.1. The minimum absolute atomic E-state index is 0.0532. The lowest BCUT2D eigenvalue weighted by Crippen LogP contribution is -2.48. The van der Waals surface area contributed by atoms with Gasteiger partial charge < -0.3 is 20.3 Å². The average molecular weight is 291 g/mol. The molecule has 116 valence electrons. The largest absolute Gasteiger partial charge is 0.484 e. The van der Waals surface area contributed by atoms with Crippen LogP contribution < -0.4 is 10.5 Å². The Morgan fingerprint density at radius 1 is 1.24 bits per heavy atom. The molecule has 5 heteroatoms. The normalized spacial score (nSPS) is 17.6. The van der Waals surface area contributed by atoms with Gasteiger partial charge in [-0.1, -0.05) is 19.1 Å². The van der Waals surface area contributed by atoms with E-state index in [-0.39, 0.29) is 18.6 Å². The van der Waals surface area contributed by atoms with E-state index in [1.807, 2.05) is 29.2 Å². The molecule has 1 aromatic carbocycles. The Bertz CT molecular complexity index is 453. The van der Waals surface area contributed by atoms with Crippen LogP contribution in [0.3, 0.4) is 0 Å². The second-order valence-corrected chi connectivity index (χ2v) is 5.56. The molecule has 1 aliphatic heterocycles. The lowest BCUT2D eigenvalue weighted by atomic mass is 10.1. The van der Waals surface area contributed by atoms with Crippen LogP contribution in [0.2, 0.25) is 0 Å². The molecular weight excluding hydrogens is 266 g/mol. The molecule has 21 heavy (non-hydrogen) atoms. The Morgan fingerprint density at radius 3 is 2.43 bits per heavy atom. The number of hydrogen-bond donors (Lipinski definition) is 1. The van der Waals surface area contributed by atoms with Crippen LogP contribution in [0.1, 0.15) is 24.9 Å². The van der Waals surface area contributed by atoms with Gasteiger partial charge in [-0.05, 0) is 31.2 Å². The van der Waals surface area contributed by atoms with Gasteiger partial charge in [0.2, 0.25) is 0 Å². The molecule has 1 atom stereocenters. The van der Waals surface area contributed by atoms with Crippen LogP contribution in [0.15, 0.2) is 24.3 Å². The van der Waals surface area contributed by atoms with Crippen LogP contribution in [0.4, 0.5) is 0 Å². The smallest absolute Gasteiger partial charge is 0.260 e. The summed E-state index contributed by atoms with van der Waals surface area (Å²) >= 11 is 0. The molecule has 1 saturated heterocycles. The maximum absolute atomic E-state index is 12.1. The van der Waals surface area contributed by atoms with Crippen molar-refractivity contribution in [3.63, 3.8) is 0 Å². The number of carbonyl (C=O) groups is 1. The van der Waals surface area contributed by atoms with Crippen LogP contribution in [0.5, 0.6) is 5.75 Å². The van der Waals surface area contributed by atoms with Gasteiger partial charge in [-0.15, -0.1) is 0 Å². The van der Waals surface area contributed by atoms with Crippen molar-refractivity contribution in [2.45, 2.75) is 19.4 Å². The van der Waals surface area contributed by atoms with E-state index in [4.69, 9.17) is 10.5 Å². The Balaban J connectivity index is 1.81. The molecule has 0 saturated carbocycles. The molecule has 1 heterocycles. The van der Waals surface area contributed by atoms with Gasteiger partial charge in [-0.25, -0.2) is 0 Å². The molecular formula is C16H25N3O2. The van der Waals surface area contributed by atoms with E-state index >= 15 is 0 Å². The summed E-state index contributed by atoms with van der Waals surface area (Å²) in [6.45, 7) is 5.57. The quantitative estimate of drug-likeness (QED) is 0.887. The van der Waals surface area contributed by atoms with E-state index in [1.165, 1.54) is 0 Å². The van der Waals surface area contributed by atoms with Gasteiger partial charge >= 0.3 is 0 Å². The number of likely N-dealkylation sites (N-methyl/N-ethyl adjacent to an activating group) is 1. The predicted molar refractivity (Wildman–Crippen MR) is 83.2 cm³/mol. The van der Waals surface area contributed by atoms with Crippen molar-refractivity contribution in [2.75, 3.05) is 39.8 Å². The summed E-state index contributed by atoms with van der Waals surface area (Å²) < 4.78 is 5.57. The second kappa shape index (κ2) is 7.43. The molecule has 0 radical (unpaired) electrons. The molecule has 0 aliphatic carbocycles. The molecule has 1 aromatic rings. The zero-order valence-corrected chi connectivity index (χ0v) is 12.9. The third-order valence-corrected chi connectivity index (χ3v) is 3.97. The monoisotopic (exact) mass is 291 g/mol. The minimum Gasteiger partial charge on any atom is -0.484 e. The van der Waals surface area contributed by atoms with E-state index in [2.05, 4.69) is 18.9 Å². The maximum Gasteiger partial charge on any atom is 0.260 e. The molecule has 0 spiro atoms. The summed E-state index contributed by atoms with van der Waals surface area (Å²) in [5.74, 6) is 0.766. The zero-order valence-electron chi connectivity index (χ0n) is 12.9. The van der Waals surface area contributed by atoms with Crippen LogP contribution in [0, 0.1) is 0 Å². The first-order valence-corrected chi connectivity index (χ1v) is 7.54. The summed E-state index contributed by atoms with van der Waals surface area (Å²) in [6, 6.07) is 7.74. The van der Waals surface area contributed by atoms with Crippen molar-refractivity contribution in [2.24, 2.45) is 5.73 Å². The first kappa shape index (κ1) is 15.8. The molecule has 0 aromatic heterocycles. The van der Waals surface area contributed by atoms with Crippen molar-refractivity contribution < 1.29 is 9.53 Å². The SMILES string of the molecule is CC[C@H](N)c1ccc(OCC(=O)N2CCN(C)CC2)cc1. The molecule has 1 amide bonds. The Morgan fingerprint density at radius 2 is 1.86 bits per heavy atom. The van der Waals surface area contributed by atoms with E-state index in [0.29, 0.717) is 5.75 Å². The molecule has 1 aliphatic rings. The highest BCUT2D eigenvalue weighted by Crippen LogP contribution is 2.18. The number of nitrogens with zero attached hydrogens (tertiary/aromatic N) is 2. The van der Waals surface area contributed by atoms with Gasteiger partial charge in [0.15, 0.2) is 6.61 Å². The number of nitrogens with two attached hydrogens (primary N) is 1. The third kappa shape index (κ3) is 4.44. The molecule has 5 nitrogen and oxygen atoms in total. The van der Waals surface area contributed by atoms with Gasteiger partial charge in [-0.2, -0.15) is 0 Å². The first-order valence-electron chi connectivity index (χ1n) is 7.54. The fourth-order valence-corrected chi connectivity index (χ4v) is 2.34. The van der Waals surface area contributed by atoms with Crippen molar-refractivity contribution in [3.8, 4) is 5.75 Å². The number of amides is 1. The fraction of sp³-hybridized carbons (Fsp3) is 0.562. The second-order valence-electron chi connectivity index (χ2n) is 5.56. The first-order chi connectivity index (χ1) is 10.1. The number of benzene rings is 1. The Labute approximate surface area is 126 Å². The Kier molecular flexibility index (Phi) is 5.59. The molecule has 2 N–H and O–H groups in total. The lowest BCUT2D eigenvalue weighted by Gasteiger charge is -2.32. The lowest BCUT2D eigenvalue weighted by molar-refractivity contribution is -0.134. The molecule has 2 rings (SSSR count). The van der Waals surface area contributed by atoms with Crippen LogP contribution in [-0.4, -0.2) is 55.5 Å². The van der Waals surface area contributed by atoms with E-state index in [9.17, 15) is 4.79 Å². The van der Waals surface area contributed by atoms with Crippen molar-refractivity contribution >= 4 is 5.91 Å². The van der Waals surface area contributed by atoms with Crippen LogP contribution in [-0.2, 0) is 4.79 Å². The topological polar surface area (TPSA) is 58.8 Å². The molecule has 0 unspecified atom stereocenters. The number of piperazine rings is 1. The summed E-state index contributed by atoms with van der Waals surface area (Å²) in [5.41, 5.74) is 7.06. The molecule has 0 bridgehead atoms. The zero-order chi connectivity index (χ0) is 15.2. The summed E-state index contributed by atoms with van der Waals surface area (Å²) in [5, 5.41) is 0. The van der Waals surface area contributed by atoms with Crippen LogP contribution in [0.25, 0.3) is 0 Å². The number of rotatable bonds is 5. The summed E-state index contributed by atoms with van der Waals surface area (Å²) in [6.07, 6.45) is 0.905. The van der Waals surface area contributed by atoms with Crippen LogP contribution >= 0.6 is 0 Å². The predicted octanol–water partition coefficient (Wildman–Crippen LogP) is 1.25. The highest BCUT2D eigenvalue weighted by atomic mass is 16.5. The Hall–Kier alpha value is -1.59. The van der Waals surface area contributed by atoms with Crippen molar-refractivity contribution in [1.29, 1.82) is 0 Å². The van der Waals surface area contributed by atoms with E-state index < -0.39 is 0 Å². The van der Waals surface area contributed by atoms with Gasteiger partial charge in [0, 0.05) is 32.2 Å². The number of carbonyl (C=O) groups excluding carboxylic acids is 1. The van der Waals surface area contributed by atoms with Crippen molar-refractivity contribution in [1.82, 2.24) is 9.80 Å². The molecule has 1 fully saturated rings. The van der Waals surface area contributed by atoms with Crippen molar-refractivity contribution in [3.05, 3.63) is 29.8 Å². The van der Waals surface area contributed by atoms with Gasteiger partial charge in [-0.3, -0.25) is 4.79 Å². The highest BCUT2D eigenvalue weighted by molar-refractivity contribution is 5.77. The van der Waals surface area contributed by atoms with Gasteiger partial charge in [0.25, 0.3) is 5.91 Å². The third-order valence-electron chi connectivity index (χ3n) is 3.97. The van der Waals surface area contributed by atoms with Gasteiger partial charge in [0.1, 0.15) is 5.75 Å². The summed E-state index contributed by atoms with van der Waals surface area (Å²) in [4.78, 5) is 16.1. The number of ether oxygens (including phenoxy) is 1. The minimum atomic E-state index is 0.0532. The van der Waals surface area contributed by atoms with Gasteiger partial charge in [0.05, 0.1) is 0 Å². The number of hydrogen-bond acceptors (Lipinski definition) is 4. The standard InChI is InChI=1S/C16H25N3O2/c1-3-15(17)13-4-6-14(7-5-13)21-12-16(20)19-10-8-18(2)9-11-19/h4-7,15H,3,8-12,17H2,1-2H3/t15-/m0/s1. The van der Waals surface area contributed by atoms with E-state index in [0.717, 1.165) is 38.2 Å². The highest BCUT2D eigenvalue weighted by Gasteiger charge is 2.19. The average Bonchev–Trinajstić information content (AvgIpc) is 2.53. The fourth-order valence-electron chi connectivity index (χ4n) is 2.34. The van der Waals surface area contributed by atoms with E-state index in [1.54, 1.807) is 0 Å².